The van der Waals surface area contributed by atoms with Crippen molar-refractivity contribution in [2.45, 2.75) is 49.5 Å². The smallest absolute Gasteiger partial charge is 0.314 e. The maximum absolute atomic E-state index is 12.1. The highest BCUT2D eigenvalue weighted by Gasteiger charge is 2.56. The summed E-state index contributed by atoms with van der Waals surface area (Å²) < 4.78 is 10.9. The summed E-state index contributed by atoms with van der Waals surface area (Å²) >= 11 is 6.84. The first-order valence-electron chi connectivity index (χ1n) is 8.94. The first-order chi connectivity index (χ1) is 11.0. The summed E-state index contributed by atoms with van der Waals surface area (Å²) in [6, 6.07) is -0.0986. The summed E-state index contributed by atoms with van der Waals surface area (Å²) in [4.78, 5) is 12.1. The second-order valence-corrected chi connectivity index (χ2v) is 9.04. The molecule has 5 aliphatic rings. The maximum Gasteiger partial charge on any atom is 0.314 e. The van der Waals surface area contributed by atoms with E-state index < -0.39 is 0 Å². The van der Waals surface area contributed by atoms with E-state index in [1.54, 1.807) is 0 Å². The van der Waals surface area contributed by atoms with Gasteiger partial charge in [0.15, 0.2) is 0 Å². The van der Waals surface area contributed by atoms with Crippen LogP contribution in [0.15, 0.2) is 0 Å². The van der Waals surface area contributed by atoms with Gasteiger partial charge in [-0.25, -0.2) is 4.79 Å². The van der Waals surface area contributed by atoms with Crippen LogP contribution in [0.25, 0.3) is 0 Å². The minimum Gasteiger partial charge on any atom is -0.376 e. The number of rotatable bonds is 4. The molecule has 2 amide bonds. The Morgan fingerprint density at radius 3 is 2.57 bits per heavy atom. The minimum absolute atomic E-state index is 0.00944. The Morgan fingerprint density at radius 2 is 1.91 bits per heavy atom. The molecule has 6 heteroatoms. The highest BCUT2D eigenvalue weighted by Crippen LogP contribution is 2.63. The lowest BCUT2D eigenvalue weighted by molar-refractivity contribution is -0.0854. The van der Waals surface area contributed by atoms with Crippen LogP contribution < -0.4 is 10.6 Å². The second kappa shape index (κ2) is 6.08. The third-order valence-corrected chi connectivity index (χ3v) is 6.55. The Morgan fingerprint density at radius 1 is 1.13 bits per heavy atom. The second-order valence-electron chi connectivity index (χ2n) is 8.24. The molecule has 1 saturated heterocycles. The molecule has 2 N–H and O–H groups in total. The normalized spacial score (nSPS) is 45.0. The summed E-state index contributed by atoms with van der Waals surface area (Å²) in [6.45, 7) is 3.07. The molecule has 4 aliphatic carbocycles. The summed E-state index contributed by atoms with van der Waals surface area (Å²) in [5, 5.41) is 6.00. The van der Waals surface area contributed by atoms with Crippen LogP contribution in [-0.4, -0.2) is 49.9 Å². The Labute approximate surface area is 142 Å². The molecule has 4 bridgehead atoms. The third kappa shape index (κ3) is 3.47. The monoisotopic (exact) mass is 342 g/mol. The van der Waals surface area contributed by atoms with Crippen LogP contribution in [0.3, 0.4) is 0 Å². The van der Waals surface area contributed by atoms with Gasteiger partial charge in [0, 0.05) is 18.0 Å². The molecule has 5 rings (SSSR count). The zero-order valence-corrected chi connectivity index (χ0v) is 14.4. The van der Waals surface area contributed by atoms with Crippen molar-refractivity contribution in [2.24, 2.45) is 17.3 Å². The number of nitrogens with one attached hydrogen (secondary N) is 2. The van der Waals surface area contributed by atoms with Crippen molar-refractivity contribution in [2.75, 3.05) is 32.9 Å². The van der Waals surface area contributed by atoms with Crippen LogP contribution in [-0.2, 0) is 9.47 Å². The van der Waals surface area contributed by atoms with Crippen molar-refractivity contribution in [1.82, 2.24) is 10.6 Å². The van der Waals surface area contributed by atoms with E-state index in [1.165, 1.54) is 32.1 Å². The van der Waals surface area contributed by atoms with E-state index in [0.29, 0.717) is 26.4 Å². The summed E-state index contributed by atoms with van der Waals surface area (Å²) in [6.07, 6.45) is 7.21. The fraction of sp³-hybridized carbons (Fsp3) is 0.941. The maximum atomic E-state index is 12.1. The molecule has 0 spiro atoms. The molecule has 4 saturated carbocycles. The van der Waals surface area contributed by atoms with Gasteiger partial charge in [0.2, 0.25) is 0 Å². The average molecular weight is 343 g/mol. The third-order valence-electron chi connectivity index (χ3n) is 6.11. The quantitative estimate of drug-likeness (QED) is 0.771. The van der Waals surface area contributed by atoms with Gasteiger partial charge in [-0.3, -0.25) is 0 Å². The molecular weight excluding hydrogens is 316 g/mol. The number of carbonyl (C=O) groups excluding carboxylic acids is 1. The van der Waals surface area contributed by atoms with Gasteiger partial charge in [0.25, 0.3) is 0 Å². The molecule has 0 aromatic heterocycles. The average Bonchev–Trinajstić information content (AvgIpc) is 2.50. The number of ether oxygens (including phenoxy) is 2. The number of hydrogen-bond acceptors (Lipinski definition) is 3. The van der Waals surface area contributed by atoms with E-state index in [9.17, 15) is 4.79 Å². The zero-order chi connectivity index (χ0) is 15.9. The number of urea groups is 1. The number of amides is 2. The van der Waals surface area contributed by atoms with E-state index in [1.807, 2.05) is 0 Å². The molecule has 5 fully saturated rings. The van der Waals surface area contributed by atoms with E-state index in [4.69, 9.17) is 21.1 Å². The predicted octanol–water partition coefficient (Wildman–Crippen LogP) is 2.28. The molecular formula is C17H27ClN2O3. The molecule has 5 nitrogen and oxygen atoms in total. The molecule has 1 heterocycles. The van der Waals surface area contributed by atoms with Gasteiger partial charge in [0.1, 0.15) is 0 Å². The lowest BCUT2D eigenvalue weighted by Gasteiger charge is -2.60. The van der Waals surface area contributed by atoms with E-state index in [2.05, 4.69) is 10.6 Å². The van der Waals surface area contributed by atoms with Gasteiger partial charge in [-0.1, -0.05) is 0 Å². The van der Waals surface area contributed by atoms with Gasteiger partial charge in [-0.15, -0.1) is 11.6 Å². The molecule has 0 aromatic carbocycles. The van der Waals surface area contributed by atoms with Crippen LogP contribution in [0.1, 0.15) is 38.5 Å². The van der Waals surface area contributed by atoms with Gasteiger partial charge in [0.05, 0.1) is 25.9 Å². The summed E-state index contributed by atoms with van der Waals surface area (Å²) in [7, 11) is 0. The molecule has 0 aromatic rings. The lowest BCUT2D eigenvalue weighted by Crippen LogP contribution is -2.57. The van der Waals surface area contributed by atoms with Gasteiger partial charge >= 0.3 is 6.03 Å². The summed E-state index contributed by atoms with van der Waals surface area (Å²) in [5.74, 6) is 1.54. The van der Waals surface area contributed by atoms with Gasteiger partial charge < -0.3 is 20.1 Å². The van der Waals surface area contributed by atoms with Gasteiger partial charge in [-0.2, -0.15) is 0 Å². The largest absolute Gasteiger partial charge is 0.376 e. The van der Waals surface area contributed by atoms with Gasteiger partial charge in [-0.05, 0) is 55.8 Å². The number of alkyl halides is 1. The molecule has 130 valence electrons. The highest BCUT2D eigenvalue weighted by molar-refractivity contribution is 6.24. The Kier molecular flexibility index (Phi) is 4.23. The fourth-order valence-corrected chi connectivity index (χ4v) is 6.45. The highest BCUT2D eigenvalue weighted by atomic mass is 35.5. The first kappa shape index (κ1) is 16.0. The van der Waals surface area contributed by atoms with E-state index in [0.717, 1.165) is 24.8 Å². The number of carbonyl (C=O) groups is 1. The molecule has 0 radical (unpaired) electrons. The Balaban J connectivity index is 1.26. The molecule has 23 heavy (non-hydrogen) atoms. The molecule has 3 atom stereocenters. The standard InChI is InChI=1S/C17H27ClN2O3/c18-17-6-12-3-13(7-17)5-16(4-12,10-17)11-20-15(21)19-8-14-9-22-1-2-23-14/h12-14H,1-11H2,(H2,19,20,21)/t12-,13-,14+,16?,17?/m1/s1. The van der Waals surface area contributed by atoms with E-state index >= 15 is 0 Å². The topological polar surface area (TPSA) is 59.6 Å². The van der Waals surface area contributed by atoms with Crippen LogP contribution in [0.4, 0.5) is 4.79 Å². The van der Waals surface area contributed by atoms with Crippen LogP contribution in [0.5, 0.6) is 0 Å². The van der Waals surface area contributed by atoms with Crippen molar-refractivity contribution >= 4 is 17.6 Å². The lowest BCUT2D eigenvalue weighted by atomic mass is 9.49. The SMILES string of the molecule is O=C(NC[C@H]1COCCO1)NCC12C[C@H]3C[C@@H](CC(Cl)(C3)C1)C2. The van der Waals surface area contributed by atoms with Crippen molar-refractivity contribution in [3.8, 4) is 0 Å². The molecule has 1 aliphatic heterocycles. The first-order valence-corrected chi connectivity index (χ1v) is 9.32. The number of halogens is 1. The van der Waals surface area contributed by atoms with E-state index in [-0.39, 0.29) is 22.4 Å². The van der Waals surface area contributed by atoms with Crippen LogP contribution in [0, 0.1) is 17.3 Å². The Bertz CT molecular complexity index is 453. The number of hydrogen-bond donors (Lipinski definition) is 2. The zero-order valence-electron chi connectivity index (χ0n) is 13.6. The van der Waals surface area contributed by atoms with Crippen molar-refractivity contribution in [3.05, 3.63) is 0 Å². The van der Waals surface area contributed by atoms with Crippen molar-refractivity contribution in [3.63, 3.8) is 0 Å². The summed E-state index contributed by atoms with van der Waals surface area (Å²) in [5.41, 5.74) is 0.230. The fourth-order valence-electron chi connectivity index (χ4n) is 5.73. The van der Waals surface area contributed by atoms with Crippen molar-refractivity contribution in [1.29, 1.82) is 0 Å². The Hall–Kier alpha value is -0.520. The van der Waals surface area contributed by atoms with Crippen molar-refractivity contribution < 1.29 is 14.3 Å². The predicted molar refractivity (Wildman–Crippen MR) is 87.7 cm³/mol. The molecule has 0 unspecified atom stereocenters. The van der Waals surface area contributed by atoms with Crippen LogP contribution >= 0.6 is 11.6 Å². The minimum atomic E-state index is -0.0986. The van der Waals surface area contributed by atoms with Crippen LogP contribution in [0.2, 0.25) is 0 Å².